The second-order valence-corrected chi connectivity index (χ2v) is 6.30. The van der Waals surface area contributed by atoms with Crippen LogP contribution in [0.3, 0.4) is 0 Å². The number of aromatic nitrogens is 1. The molecule has 0 radical (unpaired) electrons. The van der Waals surface area contributed by atoms with Gasteiger partial charge in [0.1, 0.15) is 0 Å². The van der Waals surface area contributed by atoms with Crippen molar-refractivity contribution in [2.24, 2.45) is 0 Å². The molecule has 2 aromatic rings. The number of carbonyl (C=O) groups excluding carboxylic acids is 3. The first kappa shape index (κ1) is 17.8. The average molecular weight is 351 g/mol. The number of nitrogens with zero attached hydrogens (tertiary/aromatic N) is 2. The van der Waals surface area contributed by atoms with E-state index in [4.69, 9.17) is 0 Å². The Morgan fingerprint density at radius 1 is 1.08 bits per heavy atom. The van der Waals surface area contributed by atoms with Crippen LogP contribution in [-0.2, 0) is 4.79 Å². The summed E-state index contributed by atoms with van der Waals surface area (Å²) in [4.78, 5) is 42.5. The highest BCUT2D eigenvalue weighted by Crippen LogP contribution is 2.22. The van der Waals surface area contributed by atoms with Crippen LogP contribution in [0.25, 0.3) is 0 Å². The molecule has 0 saturated carbocycles. The Labute approximate surface area is 152 Å². The van der Waals surface area contributed by atoms with Crippen LogP contribution in [0, 0.1) is 0 Å². The smallest absolute Gasteiger partial charge is 0.253 e. The second-order valence-electron chi connectivity index (χ2n) is 6.30. The molecule has 1 saturated heterocycles. The third kappa shape index (κ3) is 4.33. The van der Waals surface area contributed by atoms with Crippen LogP contribution in [0.5, 0.6) is 0 Å². The monoisotopic (exact) mass is 351 g/mol. The quantitative estimate of drug-likeness (QED) is 0.808. The molecular weight excluding hydrogens is 330 g/mol. The Kier molecular flexibility index (Phi) is 5.73. The highest BCUT2D eigenvalue weighted by atomic mass is 16.2. The fourth-order valence-corrected chi connectivity index (χ4v) is 3.19. The van der Waals surface area contributed by atoms with Crippen LogP contribution >= 0.6 is 0 Å². The SMILES string of the molecule is O=C(CC1CCCN1C(=O)CNC(=O)c1cccnc1)c1ccccc1. The summed E-state index contributed by atoms with van der Waals surface area (Å²) in [6, 6.07) is 12.3. The second kappa shape index (κ2) is 8.38. The van der Waals surface area contributed by atoms with Crippen molar-refractivity contribution in [3.8, 4) is 0 Å². The first-order valence-corrected chi connectivity index (χ1v) is 8.71. The Bertz CT molecular complexity index is 777. The van der Waals surface area contributed by atoms with Gasteiger partial charge in [0.25, 0.3) is 5.91 Å². The number of hydrogen-bond acceptors (Lipinski definition) is 4. The van der Waals surface area contributed by atoms with E-state index >= 15 is 0 Å². The summed E-state index contributed by atoms with van der Waals surface area (Å²) in [5.41, 5.74) is 1.08. The molecule has 6 heteroatoms. The number of Topliss-reactive ketones (excluding diaryl/α,β-unsaturated/α-hetero) is 1. The maximum atomic E-state index is 12.5. The number of rotatable bonds is 6. The summed E-state index contributed by atoms with van der Waals surface area (Å²) in [5, 5.41) is 2.63. The maximum Gasteiger partial charge on any atom is 0.253 e. The number of nitrogens with one attached hydrogen (secondary N) is 1. The highest BCUT2D eigenvalue weighted by Gasteiger charge is 2.30. The molecule has 1 aliphatic heterocycles. The fraction of sp³-hybridized carbons (Fsp3) is 0.300. The van der Waals surface area contributed by atoms with Crippen LogP contribution in [-0.4, -0.2) is 46.6 Å². The fourth-order valence-electron chi connectivity index (χ4n) is 3.19. The largest absolute Gasteiger partial charge is 0.343 e. The Hall–Kier alpha value is -3.02. The zero-order valence-electron chi connectivity index (χ0n) is 14.4. The molecule has 1 aliphatic rings. The molecule has 1 aromatic heterocycles. The van der Waals surface area contributed by atoms with Crippen LogP contribution in [0.1, 0.15) is 40.0 Å². The summed E-state index contributed by atoms with van der Waals surface area (Å²) >= 11 is 0. The molecule has 1 fully saturated rings. The molecule has 0 bridgehead atoms. The Balaban J connectivity index is 1.55. The van der Waals surface area contributed by atoms with Crippen molar-refractivity contribution in [2.75, 3.05) is 13.1 Å². The van der Waals surface area contributed by atoms with Crippen molar-refractivity contribution in [3.63, 3.8) is 0 Å². The van der Waals surface area contributed by atoms with Crippen molar-refractivity contribution in [1.29, 1.82) is 0 Å². The highest BCUT2D eigenvalue weighted by molar-refractivity contribution is 5.97. The Morgan fingerprint density at radius 3 is 2.58 bits per heavy atom. The molecule has 1 atom stereocenters. The van der Waals surface area contributed by atoms with Gasteiger partial charge in [-0.3, -0.25) is 19.4 Å². The first-order chi connectivity index (χ1) is 12.6. The number of hydrogen-bond donors (Lipinski definition) is 1. The molecule has 6 nitrogen and oxygen atoms in total. The predicted octanol–water partition coefficient (Wildman–Crippen LogP) is 2.08. The molecule has 26 heavy (non-hydrogen) atoms. The standard InChI is InChI=1S/C20H21N3O3/c24-18(15-6-2-1-3-7-15)12-17-9-5-11-23(17)19(25)14-22-20(26)16-8-4-10-21-13-16/h1-4,6-8,10,13,17H,5,9,11-12,14H2,(H,22,26). The first-order valence-electron chi connectivity index (χ1n) is 8.71. The molecule has 0 aliphatic carbocycles. The van der Waals surface area contributed by atoms with Crippen molar-refractivity contribution >= 4 is 17.6 Å². The number of pyridine rings is 1. The van der Waals surface area contributed by atoms with Gasteiger partial charge >= 0.3 is 0 Å². The zero-order chi connectivity index (χ0) is 18.4. The number of ketones is 1. The van der Waals surface area contributed by atoms with Gasteiger partial charge in [-0.2, -0.15) is 0 Å². The van der Waals surface area contributed by atoms with E-state index in [-0.39, 0.29) is 30.2 Å². The van der Waals surface area contributed by atoms with E-state index in [0.717, 1.165) is 12.8 Å². The molecule has 134 valence electrons. The lowest BCUT2D eigenvalue weighted by Crippen LogP contribution is -2.43. The Morgan fingerprint density at radius 2 is 1.85 bits per heavy atom. The molecule has 1 unspecified atom stereocenters. The summed E-state index contributed by atoms with van der Waals surface area (Å²) in [5.74, 6) is -0.456. The zero-order valence-corrected chi connectivity index (χ0v) is 14.4. The minimum absolute atomic E-state index is 0.0368. The summed E-state index contributed by atoms with van der Waals surface area (Å²) in [7, 11) is 0. The predicted molar refractivity (Wildman–Crippen MR) is 96.7 cm³/mol. The summed E-state index contributed by atoms with van der Waals surface area (Å²) in [6.07, 6.45) is 5.03. The number of likely N-dealkylation sites (tertiary alicyclic amines) is 1. The van der Waals surface area contributed by atoms with E-state index in [2.05, 4.69) is 10.3 Å². The molecule has 2 heterocycles. The lowest BCUT2D eigenvalue weighted by molar-refractivity contribution is -0.130. The summed E-state index contributed by atoms with van der Waals surface area (Å²) in [6.45, 7) is 0.540. The lowest BCUT2D eigenvalue weighted by Gasteiger charge is -2.24. The van der Waals surface area contributed by atoms with Gasteiger partial charge in [-0.15, -0.1) is 0 Å². The normalized spacial score (nSPS) is 16.3. The van der Waals surface area contributed by atoms with Crippen molar-refractivity contribution in [1.82, 2.24) is 15.2 Å². The average Bonchev–Trinajstić information content (AvgIpc) is 3.15. The van der Waals surface area contributed by atoms with Gasteiger partial charge in [0.2, 0.25) is 5.91 Å². The van der Waals surface area contributed by atoms with Crippen molar-refractivity contribution < 1.29 is 14.4 Å². The molecule has 1 aromatic carbocycles. The maximum absolute atomic E-state index is 12.5. The van der Waals surface area contributed by atoms with Gasteiger partial charge in [-0.25, -0.2) is 0 Å². The van der Waals surface area contributed by atoms with E-state index < -0.39 is 0 Å². The third-order valence-corrected chi connectivity index (χ3v) is 4.54. The van der Waals surface area contributed by atoms with Crippen LogP contribution in [0.15, 0.2) is 54.9 Å². The number of benzene rings is 1. The van der Waals surface area contributed by atoms with E-state index in [1.54, 1.807) is 35.4 Å². The minimum atomic E-state index is -0.331. The van der Waals surface area contributed by atoms with Crippen molar-refractivity contribution in [3.05, 3.63) is 66.0 Å². The lowest BCUT2D eigenvalue weighted by atomic mass is 10.0. The minimum Gasteiger partial charge on any atom is -0.343 e. The molecule has 0 spiro atoms. The number of carbonyl (C=O) groups is 3. The van der Waals surface area contributed by atoms with Crippen molar-refractivity contribution in [2.45, 2.75) is 25.3 Å². The van der Waals surface area contributed by atoms with Gasteiger partial charge < -0.3 is 10.2 Å². The van der Waals surface area contributed by atoms with Crippen LogP contribution in [0.4, 0.5) is 0 Å². The van der Waals surface area contributed by atoms with Gasteiger partial charge in [0, 0.05) is 37.0 Å². The summed E-state index contributed by atoms with van der Waals surface area (Å²) < 4.78 is 0. The van der Waals surface area contributed by atoms with E-state index in [1.807, 2.05) is 18.2 Å². The molecule has 3 rings (SSSR count). The molecular formula is C20H21N3O3. The van der Waals surface area contributed by atoms with E-state index in [9.17, 15) is 14.4 Å². The van der Waals surface area contributed by atoms with E-state index in [0.29, 0.717) is 24.1 Å². The molecule has 1 N–H and O–H groups in total. The number of amides is 2. The topological polar surface area (TPSA) is 79.4 Å². The van der Waals surface area contributed by atoms with Crippen LogP contribution in [0.2, 0.25) is 0 Å². The molecule has 2 amide bonds. The van der Waals surface area contributed by atoms with Gasteiger partial charge in [-0.05, 0) is 25.0 Å². The van der Waals surface area contributed by atoms with E-state index in [1.165, 1.54) is 6.20 Å². The third-order valence-electron chi connectivity index (χ3n) is 4.54. The van der Waals surface area contributed by atoms with Gasteiger partial charge in [0.05, 0.1) is 12.1 Å². The van der Waals surface area contributed by atoms with Gasteiger partial charge in [0.15, 0.2) is 5.78 Å². The van der Waals surface area contributed by atoms with Gasteiger partial charge in [-0.1, -0.05) is 30.3 Å². The van der Waals surface area contributed by atoms with Crippen LogP contribution < -0.4 is 5.32 Å².